The Bertz CT molecular complexity index is 564. The number of anilines is 1. The smallest absolute Gasteiger partial charge is 0.319 e. The van der Waals surface area contributed by atoms with Crippen molar-refractivity contribution in [3.63, 3.8) is 0 Å². The van der Waals surface area contributed by atoms with Crippen LogP contribution in [-0.4, -0.2) is 43.0 Å². The van der Waals surface area contributed by atoms with Crippen molar-refractivity contribution in [1.29, 1.82) is 0 Å². The van der Waals surface area contributed by atoms with E-state index in [0.29, 0.717) is 31.7 Å². The highest BCUT2D eigenvalue weighted by Crippen LogP contribution is 2.28. The highest BCUT2D eigenvalue weighted by molar-refractivity contribution is 9.10. The van der Waals surface area contributed by atoms with Gasteiger partial charge in [0.2, 0.25) is 5.91 Å². The minimum atomic E-state index is -0.312. The van der Waals surface area contributed by atoms with Crippen LogP contribution in [0, 0.1) is 5.41 Å². The zero-order valence-electron chi connectivity index (χ0n) is 13.3. The Morgan fingerprint density at radius 1 is 1.35 bits per heavy atom. The Hall–Kier alpha value is -1.60. The first kappa shape index (κ1) is 17.7. The molecule has 1 saturated heterocycles. The lowest BCUT2D eigenvalue weighted by Crippen LogP contribution is -2.37. The molecule has 0 saturated carbocycles. The number of halogens is 1. The molecular formula is C16H23BrN4O2. The molecule has 1 unspecified atom stereocenters. The third kappa shape index (κ3) is 5.21. The fourth-order valence-electron chi connectivity index (χ4n) is 2.55. The maximum absolute atomic E-state index is 12.1. The van der Waals surface area contributed by atoms with Gasteiger partial charge in [0.1, 0.15) is 0 Å². The number of hydrogen-bond acceptors (Lipinski definition) is 3. The lowest BCUT2D eigenvalue weighted by Gasteiger charge is -2.22. The van der Waals surface area contributed by atoms with E-state index in [-0.39, 0.29) is 17.4 Å². The summed E-state index contributed by atoms with van der Waals surface area (Å²) in [6, 6.07) is 6.98. The highest BCUT2D eigenvalue weighted by atomic mass is 79.9. The molecule has 0 bridgehead atoms. The van der Waals surface area contributed by atoms with Gasteiger partial charge in [0, 0.05) is 36.2 Å². The third-order valence-corrected chi connectivity index (χ3v) is 4.66. The Kier molecular flexibility index (Phi) is 6.01. The molecule has 3 amide bonds. The summed E-state index contributed by atoms with van der Waals surface area (Å²) < 4.78 is 0.948. The maximum atomic E-state index is 12.1. The highest BCUT2D eigenvalue weighted by Gasteiger charge is 2.34. The van der Waals surface area contributed by atoms with Crippen LogP contribution in [0.2, 0.25) is 0 Å². The zero-order chi connectivity index (χ0) is 16.9. The molecule has 4 N–H and O–H groups in total. The lowest BCUT2D eigenvalue weighted by atomic mass is 9.90. The molecule has 0 aromatic heterocycles. The van der Waals surface area contributed by atoms with Crippen LogP contribution in [0.3, 0.4) is 0 Å². The topological polar surface area (TPSA) is 87.5 Å². The number of nitrogens with two attached hydrogens (primary N) is 1. The van der Waals surface area contributed by atoms with Crippen molar-refractivity contribution in [3.05, 3.63) is 28.7 Å². The average Bonchev–Trinajstić information content (AvgIpc) is 2.93. The van der Waals surface area contributed by atoms with Gasteiger partial charge >= 0.3 is 6.03 Å². The number of amides is 3. The van der Waals surface area contributed by atoms with Gasteiger partial charge in [-0.3, -0.25) is 4.79 Å². The van der Waals surface area contributed by atoms with Crippen molar-refractivity contribution < 1.29 is 9.59 Å². The van der Waals surface area contributed by atoms with Gasteiger partial charge < -0.3 is 21.3 Å². The normalized spacial score (nSPS) is 20.4. The zero-order valence-corrected chi connectivity index (χ0v) is 14.9. The van der Waals surface area contributed by atoms with E-state index in [0.717, 1.165) is 17.4 Å². The largest absolute Gasteiger partial charge is 0.342 e. The average molecular weight is 383 g/mol. The molecule has 1 aliphatic rings. The summed E-state index contributed by atoms with van der Waals surface area (Å²) in [4.78, 5) is 25.7. The number of nitrogens with zero attached hydrogens (tertiary/aromatic N) is 1. The summed E-state index contributed by atoms with van der Waals surface area (Å²) in [5.74, 6) is 0.0612. The third-order valence-electron chi connectivity index (χ3n) is 4.13. The van der Waals surface area contributed by atoms with E-state index in [1.807, 2.05) is 17.0 Å². The molecule has 1 fully saturated rings. The summed E-state index contributed by atoms with van der Waals surface area (Å²) >= 11 is 3.34. The van der Waals surface area contributed by atoms with E-state index < -0.39 is 0 Å². The van der Waals surface area contributed by atoms with Crippen molar-refractivity contribution in [2.45, 2.75) is 19.8 Å². The molecule has 0 radical (unpaired) electrons. The number of urea groups is 1. The molecule has 1 aromatic carbocycles. The molecule has 0 spiro atoms. The van der Waals surface area contributed by atoms with Crippen LogP contribution in [-0.2, 0) is 4.79 Å². The molecule has 1 atom stereocenters. The number of carbonyl (C=O) groups excluding carboxylic acids is 2. The first-order chi connectivity index (χ1) is 10.9. The summed E-state index contributed by atoms with van der Waals surface area (Å²) in [7, 11) is 0. The lowest BCUT2D eigenvalue weighted by molar-refractivity contribution is -0.130. The Morgan fingerprint density at radius 3 is 2.65 bits per heavy atom. The predicted molar refractivity (Wildman–Crippen MR) is 94.1 cm³/mol. The SMILES string of the molecule is CC1(CN)CCN(C(=O)CCNC(=O)Nc2ccc(Br)cc2)C1. The predicted octanol–water partition coefficient (Wildman–Crippen LogP) is 2.16. The van der Waals surface area contributed by atoms with Crippen LogP contribution in [0.15, 0.2) is 28.7 Å². The van der Waals surface area contributed by atoms with Gasteiger partial charge in [-0.25, -0.2) is 4.79 Å². The van der Waals surface area contributed by atoms with Crippen LogP contribution < -0.4 is 16.4 Å². The van der Waals surface area contributed by atoms with Crippen LogP contribution in [0.4, 0.5) is 10.5 Å². The van der Waals surface area contributed by atoms with Gasteiger partial charge in [-0.15, -0.1) is 0 Å². The van der Waals surface area contributed by atoms with Crippen LogP contribution in [0.1, 0.15) is 19.8 Å². The van der Waals surface area contributed by atoms with E-state index in [9.17, 15) is 9.59 Å². The number of nitrogens with one attached hydrogen (secondary N) is 2. The molecule has 1 heterocycles. The second-order valence-electron chi connectivity index (χ2n) is 6.22. The van der Waals surface area contributed by atoms with Crippen molar-refractivity contribution in [3.8, 4) is 0 Å². The Labute approximate surface area is 144 Å². The second-order valence-corrected chi connectivity index (χ2v) is 7.13. The second kappa shape index (κ2) is 7.79. The minimum Gasteiger partial charge on any atom is -0.342 e. The molecular weight excluding hydrogens is 360 g/mol. The minimum absolute atomic E-state index is 0.0298. The first-order valence-electron chi connectivity index (χ1n) is 7.70. The molecule has 2 rings (SSSR count). The Balaban J connectivity index is 1.69. The van der Waals surface area contributed by atoms with Gasteiger partial charge in [-0.1, -0.05) is 22.9 Å². The molecule has 126 valence electrons. The van der Waals surface area contributed by atoms with Crippen molar-refractivity contribution in [1.82, 2.24) is 10.2 Å². The number of rotatable bonds is 5. The molecule has 7 heteroatoms. The summed E-state index contributed by atoms with van der Waals surface area (Å²) in [6.45, 7) is 4.46. The van der Waals surface area contributed by atoms with Crippen molar-refractivity contribution in [2.75, 3.05) is 31.5 Å². The first-order valence-corrected chi connectivity index (χ1v) is 8.49. The van der Waals surface area contributed by atoms with E-state index in [4.69, 9.17) is 5.73 Å². The standard InChI is InChI=1S/C16H23BrN4O2/c1-16(10-18)7-9-21(11-16)14(22)6-8-19-15(23)20-13-4-2-12(17)3-5-13/h2-5H,6-11,18H2,1H3,(H2,19,20,23). The van der Waals surface area contributed by atoms with Gasteiger partial charge in [0.05, 0.1) is 0 Å². The molecule has 1 aromatic rings. The van der Waals surface area contributed by atoms with Gasteiger partial charge in [0.15, 0.2) is 0 Å². The maximum Gasteiger partial charge on any atom is 0.319 e. The van der Waals surface area contributed by atoms with Crippen LogP contribution in [0.5, 0.6) is 0 Å². The molecule has 23 heavy (non-hydrogen) atoms. The number of hydrogen-bond donors (Lipinski definition) is 3. The molecule has 1 aliphatic heterocycles. The summed E-state index contributed by atoms with van der Waals surface area (Å²) in [6.07, 6.45) is 1.24. The van der Waals surface area contributed by atoms with Crippen molar-refractivity contribution in [2.24, 2.45) is 11.1 Å². The van der Waals surface area contributed by atoms with E-state index in [2.05, 4.69) is 33.5 Å². The van der Waals surface area contributed by atoms with Gasteiger partial charge in [-0.2, -0.15) is 0 Å². The number of benzene rings is 1. The quantitative estimate of drug-likeness (QED) is 0.728. The van der Waals surface area contributed by atoms with Gasteiger partial charge in [-0.05, 0) is 42.6 Å². The molecule has 6 nitrogen and oxygen atoms in total. The fourth-order valence-corrected chi connectivity index (χ4v) is 2.82. The summed E-state index contributed by atoms with van der Waals surface area (Å²) in [5, 5.41) is 5.42. The van der Waals surface area contributed by atoms with Crippen LogP contribution in [0.25, 0.3) is 0 Å². The van der Waals surface area contributed by atoms with Gasteiger partial charge in [0.25, 0.3) is 0 Å². The number of carbonyl (C=O) groups is 2. The summed E-state index contributed by atoms with van der Waals surface area (Å²) in [5.41, 5.74) is 6.48. The number of likely N-dealkylation sites (tertiary alicyclic amines) is 1. The van der Waals surface area contributed by atoms with E-state index in [1.165, 1.54) is 0 Å². The van der Waals surface area contributed by atoms with Crippen molar-refractivity contribution >= 4 is 33.6 Å². The van der Waals surface area contributed by atoms with Crippen LogP contribution >= 0.6 is 15.9 Å². The van der Waals surface area contributed by atoms with E-state index >= 15 is 0 Å². The van der Waals surface area contributed by atoms with E-state index in [1.54, 1.807) is 12.1 Å². The monoisotopic (exact) mass is 382 g/mol. The Morgan fingerprint density at radius 2 is 2.04 bits per heavy atom. The fraction of sp³-hybridized carbons (Fsp3) is 0.500. The molecule has 0 aliphatic carbocycles.